The first-order chi connectivity index (χ1) is 9.13. The van der Waals surface area contributed by atoms with Crippen LogP contribution < -0.4 is 0 Å². The van der Waals surface area contributed by atoms with E-state index in [2.05, 4.69) is 0 Å². The van der Waals surface area contributed by atoms with Gasteiger partial charge in [-0.25, -0.2) is 0 Å². The predicted octanol–water partition coefficient (Wildman–Crippen LogP) is 0.586. The fourth-order valence-corrected chi connectivity index (χ4v) is 3.64. The first-order valence-corrected chi connectivity index (χ1v) is 6.40. The highest BCUT2D eigenvalue weighted by molar-refractivity contribution is 5.95. The molecule has 0 amide bonds. The number of ether oxygens (including phenoxy) is 2. The van der Waals surface area contributed by atoms with Gasteiger partial charge < -0.3 is 14.6 Å². The average molecular weight is 264 g/mol. The minimum Gasteiger partial charge on any atom is -0.497 e. The second-order valence-corrected chi connectivity index (χ2v) is 5.32. The summed E-state index contributed by atoms with van der Waals surface area (Å²) in [4.78, 5) is 23.9. The Morgan fingerprint density at radius 1 is 1.53 bits per heavy atom. The minimum absolute atomic E-state index is 0.0607. The van der Waals surface area contributed by atoms with Crippen LogP contribution in [-0.4, -0.2) is 36.7 Å². The highest BCUT2D eigenvalue weighted by atomic mass is 16.6. The van der Waals surface area contributed by atoms with Gasteiger partial charge in [-0.3, -0.25) is 9.59 Å². The monoisotopic (exact) mass is 264 g/mol. The van der Waals surface area contributed by atoms with Gasteiger partial charge in [0.15, 0.2) is 11.9 Å². The number of hydrogen-bond acceptors (Lipinski definition) is 5. The zero-order valence-electron chi connectivity index (χ0n) is 10.7. The van der Waals surface area contributed by atoms with E-state index in [0.29, 0.717) is 12.2 Å². The molecule has 2 aliphatic carbocycles. The molecule has 3 rings (SSSR count). The van der Waals surface area contributed by atoms with Crippen molar-refractivity contribution in [1.82, 2.24) is 0 Å². The number of aliphatic hydroxyl groups is 1. The Morgan fingerprint density at radius 3 is 3.00 bits per heavy atom. The van der Waals surface area contributed by atoms with Crippen molar-refractivity contribution in [3.63, 3.8) is 0 Å². The molecule has 3 aliphatic rings. The largest absolute Gasteiger partial charge is 0.497 e. The maximum absolute atomic E-state index is 12.2. The van der Waals surface area contributed by atoms with E-state index in [1.807, 2.05) is 12.2 Å². The number of hydrogen-bond donors (Lipinski definition) is 1. The third-order valence-electron chi connectivity index (χ3n) is 4.60. The lowest BCUT2D eigenvalue weighted by atomic mass is 9.54. The highest BCUT2D eigenvalue weighted by Crippen LogP contribution is 2.54. The Labute approximate surface area is 110 Å². The van der Waals surface area contributed by atoms with E-state index < -0.39 is 11.5 Å². The molecule has 1 heterocycles. The standard InChI is InChI=1S/C14H16O5/c1-18-11-6-10(16)9-4-2-3-8-5-12(17)19-13(11)14(8,9)7-15/h2-3,6,8-9,13,15H,4-5,7H2,1H3/t8-,9-,13-,14+/m1/s1. The van der Waals surface area contributed by atoms with Crippen LogP contribution in [0.5, 0.6) is 0 Å². The number of rotatable bonds is 2. The number of esters is 1. The summed E-state index contributed by atoms with van der Waals surface area (Å²) in [7, 11) is 1.45. The van der Waals surface area contributed by atoms with Gasteiger partial charge >= 0.3 is 5.97 Å². The van der Waals surface area contributed by atoms with Crippen LogP contribution >= 0.6 is 0 Å². The van der Waals surface area contributed by atoms with Crippen molar-refractivity contribution in [1.29, 1.82) is 0 Å². The van der Waals surface area contributed by atoms with Crippen molar-refractivity contribution >= 4 is 11.8 Å². The van der Waals surface area contributed by atoms with Gasteiger partial charge in [-0.1, -0.05) is 12.2 Å². The van der Waals surface area contributed by atoms with Crippen LogP contribution in [0.25, 0.3) is 0 Å². The maximum Gasteiger partial charge on any atom is 0.307 e. The van der Waals surface area contributed by atoms with E-state index >= 15 is 0 Å². The molecule has 4 atom stereocenters. The van der Waals surface area contributed by atoms with Gasteiger partial charge in [0.05, 0.1) is 25.6 Å². The summed E-state index contributed by atoms with van der Waals surface area (Å²) in [5, 5.41) is 9.94. The fourth-order valence-electron chi connectivity index (χ4n) is 3.64. The molecule has 1 N–H and O–H groups in total. The van der Waals surface area contributed by atoms with E-state index in [4.69, 9.17) is 9.47 Å². The number of methoxy groups -OCH3 is 1. The fraction of sp³-hybridized carbons (Fsp3) is 0.571. The van der Waals surface area contributed by atoms with Gasteiger partial charge in [0.2, 0.25) is 0 Å². The Kier molecular flexibility index (Phi) is 2.74. The van der Waals surface area contributed by atoms with Crippen LogP contribution in [-0.2, 0) is 19.1 Å². The molecule has 0 aromatic carbocycles. The van der Waals surface area contributed by atoms with Crippen LogP contribution in [0, 0.1) is 17.3 Å². The number of allylic oxidation sites excluding steroid dienone is 3. The van der Waals surface area contributed by atoms with Gasteiger partial charge in [-0.05, 0) is 12.3 Å². The van der Waals surface area contributed by atoms with Gasteiger partial charge in [0, 0.05) is 12.0 Å². The van der Waals surface area contributed by atoms with Gasteiger partial charge in [0.25, 0.3) is 0 Å². The SMILES string of the molecule is COC1=CC(=O)[C@H]2CC=C[C@@H]3CC(=O)O[C@H]1[C@@]32CO. The zero-order valence-corrected chi connectivity index (χ0v) is 10.7. The summed E-state index contributed by atoms with van der Waals surface area (Å²) >= 11 is 0. The van der Waals surface area contributed by atoms with Crippen molar-refractivity contribution in [2.45, 2.75) is 18.9 Å². The normalized spacial score (nSPS) is 40.3. The third kappa shape index (κ3) is 1.51. The zero-order chi connectivity index (χ0) is 13.6. The van der Waals surface area contributed by atoms with Crippen molar-refractivity contribution in [3.8, 4) is 0 Å². The molecule has 0 unspecified atom stereocenters. The maximum atomic E-state index is 12.2. The molecule has 0 saturated carbocycles. The summed E-state index contributed by atoms with van der Waals surface area (Å²) < 4.78 is 10.6. The van der Waals surface area contributed by atoms with Crippen LogP contribution in [0.15, 0.2) is 24.0 Å². The van der Waals surface area contributed by atoms with Crippen molar-refractivity contribution in [2.24, 2.45) is 17.3 Å². The Morgan fingerprint density at radius 2 is 2.32 bits per heavy atom. The van der Waals surface area contributed by atoms with Crippen molar-refractivity contribution < 1.29 is 24.2 Å². The van der Waals surface area contributed by atoms with Gasteiger partial charge in [-0.2, -0.15) is 0 Å². The third-order valence-corrected chi connectivity index (χ3v) is 4.60. The van der Waals surface area contributed by atoms with Gasteiger partial charge in [0.1, 0.15) is 5.76 Å². The lowest BCUT2D eigenvalue weighted by molar-refractivity contribution is -0.190. The molecule has 19 heavy (non-hydrogen) atoms. The second-order valence-electron chi connectivity index (χ2n) is 5.32. The van der Waals surface area contributed by atoms with E-state index in [1.54, 1.807) is 0 Å². The van der Waals surface area contributed by atoms with E-state index in [-0.39, 0.29) is 36.6 Å². The highest BCUT2D eigenvalue weighted by Gasteiger charge is 2.61. The smallest absolute Gasteiger partial charge is 0.307 e. The summed E-state index contributed by atoms with van der Waals surface area (Å²) in [6.07, 6.45) is 5.35. The molecule has 5 nitrogen and oxygen atoms in total. The van der Waals surface area contributed by atoms with Gasteiger partial charge in [-0.15, -0.1) is 0 Å². The predicted molar refractivity (Wildman–Crippen MR) is 64.9 cm³/mol. The molecule has 1 fully saturated rings. The molecule has 1 aliphatic heterocycles. The summed E-state index contributed by atoms with van der Waals surface area (Å²) in [6.45, 7) is -0.197. The first kappa shape index (κ1) is 12.4. The van der Waals surface area contributed by atoms with Crippen LogP contribution in [0.4, 0.5) is 0 Å². The summed E-state index contributed by atoms with van der Waals surface area (Å²) in [5.41, 5.74) is -0.764. The second kappa shape index (κ2) is 4.20. The summed E-state index contributed by atoms with van der Waals surface area (Å²) in [5.74, 6) is -0.561. The van der Waals surface area contributed by atoms with Crippen LogP contribution in [0.2, 0.25) is 0 Å². The van der Waals surface area contributed by atoms with E-state index in [9.17, 15) is 14.7 Å². The molecule has 0 aromatic heterocycles. The van der Waals surface area contributed by atoms with Crippen LogP contribution in [0.1, 0.15) is 12.8 Å². The minimum atomic E-state index is -0.764. The number of ketones is 1. The van der Waals surface area contributed by atoms with E-state index in [1.165, 1.54) is 13.2 Å². The first-order valence-electron chi connectivity index (χ1n) is 6.40. The Balaban J connectivity index is 2.17. The number of carbonyl (C=O) groups is 2. The lowest BCUT2D eigenvalue weighted by Gasteiger charge is -2.53. The number of aliphatic hydroxyl groups excluding tert-OH is 1. The molecule has 1 saturated heterocycles. The molecular weight excluding hydrogens is 248 g/mol. The van der Waals surface area contributed by atoms with Crippen LogP contribution in [0.3, 0.4) is 0 Å². The molecule has 0 bridgehead atoms. The molecule has 0 spiro atoms. The molecule has 0 aromatic rings. The lowest BCUT2D eigenvalue weighted by Crippen LogP contribution is -2.60. The topological polar surface area (TPSA) is 72.8 Å². The quantitative estimate of drug-likeness (QED) is 0.583. The average Bonchev–Trinajstić information content (AvgIpc) is 2.42. The molecular formula is C14H16O5. The van der Waals surface area contributed by atoms with Crippen molar-refractivity contribution in [3.05, 3.63) is 24.0 Å². The number of carbonyl (C=O) groups excluding carboxylic acids is 2. The molecule has 102 valence electrons. The van der Waals surface area contributed by atoms with Crippen molar-refractivity contribution in [2.75, 3.05) is 13.7 Å². The van der Waals surface area contributed by atoms with E-state index in [0.717, 1.165) is 0 Å². The summed E-state index contributed by atoms with van der Waals surface area (Å²) in [6, 6.07) is 0. The molecule has 0 radical (unpaired) electrons. The Hall–Kier alpha value is -1.62. The Bertz CT molecular complexity index is 492. The molecule has 5 heteroatoms.